The molecule has 1 unspecified atom stereocenters. The van der Waals surface area contributed by atoms with Gasteiger partial charge in [0.25, 0.3) is 5.91 Å². The van der Waals surface area contributed by atoms with Crippen molar-refractivity contribution < 1.29 is 4.79 Å². The minimum atomic E-state index is -0.592. The van der Waals surface area contributed by atoms with Crippen LogP contribution in [0.1, 0.15) is 29.1 Å². The van der Waals surface area contributed by atoms with Crippen LogP contribution >= 0.6 is 11.5 Å². The fraction of sp³-hybridized carbons (Fsp3) is 0.222. The Bertz CT molecular complexity index is 520. The smallest absolute Gasteiger partial charge is 0.255 e. The number of carbonyl (C=O) groups is 1. The average molecular weight is 252 g/mol. The SMILES string of the molecule is CC(Nc1snc(N)c1C(N)=O)c1ncc[nH]1. The zero-order valence-electron chi connectivity index (χ0n) is 9.10. The number of H-pyrrole nitrogens is 1. The number of imidazole rings is 1. The highest BCUT2D eigenvalue weighted by atomic mass is 32.1. The summed E-state index contributed by atoms with van der Waals surface area (Å²) in [6, 6.07) is -0.0945. The molecule has 0 radical (unpaired) electrons. The first-order valence-corrected chi connectivity index (χ1v) is 5.67. The summed E-state index contributed by atoms with van der Waals surface area (Å²) < 4.78 is 3.90. The number of aromatic nitrogens is 3. The first-order valence-electron chi connectivity index (χ1n) is 4.90. The molecule has 17 heavy (non-hydrogen) atoms. The van der Waals surface area contributed by atoms with Crippen LogP contribution in [0.4, 0.5) is 10.8 Å². The molecule has 0 aliphatic heterocycles. The van der Waals surface area contributed by atoms with Gasteiger partial charge in [0.2, 0.25) is 0 Å². The Labute approximate surface area is 101 Å². The van der Waals surface area contributed by atoms with Crippen LogP contribution in [0.2, 0.25) is 0 Å². The Morgan fingerprint density at radius 2 is 2.41 bits per heavy atom. The van der Waals surface area contributed by atoms with Gasteiger partial charge in [0.15, 0.2) is 5.82 Å². The molecule has 1 amide bonds. The minimum absolute atomic E-state index is 0.0945. The largest absolute Gasteiger partial charge is 0.382 e. The number of rotatable bonds is 4. The van der Waals surface area contributed by atoms with Crippen molar-refractivity contribution in [2.45, 2.75) is 13.0 Å². The van der Waals surface area contributed by atoms with Crippen LogP contribution in [-0.2, 0) is 0 Å². The van der Waals surface area contributed by atoms with Gasteiger partial charge in [0.1, 0.15) is 16.4 Å². The van der Waals surface area contributed by atoms with E-state index in [1.807, 2.05) is 6.92 Å². The van der Waals surface area contributed by atoms with E-state index in [9.17, 15) is 4.79 Å². The fourth-order valence-corrected chi connectivity index (χ4v) is 2.23. The van der Waals surface area contributed by atoms with Crippen LogP contribution in [0, 0.1) is 0 Å². The van der Waals surface area contributed by atoms with Gasteiger partial charge >= 0.3 is 0 Å². The van der Waals surface area contributed by atoms with Crippen LogP contribution in [0.25, 0.3) is 0 Å². The number of hydrogen-bond donors (Lipinski definition) is 4. The maximum atomic E-state index is 11.2. The highest BCUT2D eigenvalue weighted by Crippen LogP contribution is 2.29. The summed E-state index contributed by atoms with van der Waals surface area (Å²) in [6.45, 7) is 1.90. The van der Waals surface area contributed by atoms with Gasteiger partial charge < -0.3 is 21.8 Å². The molecular formula is C9H12N6OS. The number of aromatic amines is 1. The van der Waals surface area contributed by atoms with Gasteiger partial charge in [0, 0.05) is 12.4 Å². The molecule has 0 aromatic carbocycles. The summed E-state index contributed by atoms with van der Waals surface area (Å²) in [6.07, 6.45) is 3.38. The summed E-state index contributed by atoms with van der Waals surface area (Å²) in [5.41, 5.74) is 11.0. The number of hydrogen-bond acceptors (Lipinski definition) is 6. The van der Waals surface area contributed by atoms with Crippen LogP contribution in [0.5, 0.6) is 0 Å². The van der Waals surface area contributed by atoms with E-state index < -0.39 is 5.91 Å². The van der Waals surface area contributed by atoms with Crippen LogP contribution in [0.3, 0.4) is 0 Å². The normalized spacial score (nSPS) is 12.3. The predicted molar refractivity (Wildman–Crippen MR) is 65.7 cm³/mol. The summed E-state index contributed by atoms with van der Waals surface area (Å²) in [7, 11) is 0. The Hall–Kier alpha value is -2.09. The van der Waals surface area contributed by atoms with Gasteiger partial charge in [0.05, 0.1) is 6.04 Å². The average Bonchev–Trinajstić information content (AvgIpc) is 2.87. The van der Waals surface area contributed by atoms with Gasteiger partial charge in [-0.25, -0.2) is 4.98 Å². The molecule has 0 aliphatic carbocycles. The van der Waals surface area contributed by atoms with Crippen molar-refractivity contribution in [1.29, 1.82) is 0 Å². The van der Waals surface area contributed by atoms with Crippen molar-refractivity contribution in [3.8, 4) is 0 Å². The molecule has 0 aliphatic rings. The topological polar surface area (TPSA) is 123 Å². The summed E-state index contributed by atoms with van der Waals surface area (Å²) in [5, 5.41) is 3.65. The molecule has 2 heterocycles. The first-order chi connectivity index (χ1) is 8.09. The number of nitrogens with zero attached hydrogens (tertiary/aromatic N) is 2. The Balaban J connectivity index is 2.22. The van der Waals surface area contributed by atoms with Crippen LogP contribution in [-0.4, -0.2) is 20.2 Å². The molecule has 0 saturated carbocycles. The number of nitrogen functional groups attached to an aromatic ring is 1. The van der Waals surface area contributed by atoms with Crippen LogP contribution in [0.15, 0.2) is 12.4 Å². The van der Waals surface area contributed by atoms with Gasteiger partial charge in [-0.3, -0.25) is 4.79 Å². The van der Waals surface area contributed by atoms with E-state index in [-0.39, 0.29) is 17.4 Å². The third-order valence-electron chi connectivity index (χ3n) is 2.24. The van der Waals surface area contributed by atoms with Crippen molar-refractivity contribution in [3.05, 3.63) is 23.8 Å². The molecule has 2 aromatic heterocycles. The van der Waals surface area contributed by atoms with Crippen molar-refractivity contribution in [1.82, 2.24) is 14.3 Å². The van der Waals surface area contributed by atoms with E-state index in [4.69, 9.17) is 11.5 Å². The maximum Gasteiger partial charge on any atom is 0.255 e. The van der Waals surface area contributed by atoms with E-state index in [0.29, 0.717) is 5.00 Å². The third kappa shape index (κ3) is 2.21. The standard InChI is InChI=1S/C9H12N6OS/c1-4(8-12-2-3-13-8)14-9-5(7(11)16)6(10)15-17-9/h2-4,14H,1H3,(H2,10,15)(H2,11,16)(H,12,13). The van der Waals surface area contributed by atoms with E-state index in [0.717, 1.165) is 17.4 Å². The second-order valence-corrected chi connectivity index (χ2v) is 4.25. The lowest BCUT2D eigenvalue weighted by molar-refractivity contribution is 0.100. The summed E-state index contributed by atoms with van der Waals surface area (Å²) >= 11 is 1.10. The number of anilines is 2. The summed E-state index contributed by atoms with van der Waals surface area (Å²) in [4.78, 5) is 18.3. The zero-order valence-corrected chi connectivity index (χ0v) is 9.91. The maximum absolute atomic E-state index is 11.2. The Kier molecular flexibility index (Phi) is 2.96. The van der Waals surface area contributed by atoms with Crippen molar-refractivity contribution in [2.75, 3.05) is 11.1 Å². The minimum Gasteiger partial charge on any atom is -0.382 e. The molecule has 2 rings (SSSR count). The molecule has 1 atom stereocenters. The monoisotopic (exact) mass is 252 g/mol. The lowest BCUT2D eigenvalue weighted by Gasteiger charge is -2.11. The van der Waals surface area contributed by atoms with Crippen LogP contribution < -0.4 is 16.8 Å². The molecule has 7 nitrogen and oxygen atoms in total. The molecule has 6 N–H and O–H groups in total. The molecule has 0 spiro atoms. The molecule has 8 heteroatoms. The second kappa shape index (κ2) is 4.42. The second-order valence-electron chi connectivity index (χ2n) is 3.48. The molecule has 0 bridgehead atoms. The Morgan fingerprint density at radius 3 is 3.00 bits per heavy atom. The third-order valence-corrected chi connectivity index (χ3v) is 3.03. The molecule has 2 aromatic rings. The van der Waals surface area contributed by atoms with E-state index >= 15 is 0 Å². The Morgan fingerprint density at radius 1 is 1.65 bits per heavy atom. The molecular weight excluding hydrogens is 240 g/mol. The first kappa shape index (κ1) is 11.4. The van der Waals surface area contributed by atoms with Crippen molar-refractivity contribution >= 4 is 28.3 Å². The number of primary amides is 1. The highest BCUT2D eigenvalue weighted by Gasteiger charge is 2.19. The fourth-order valence-electron chi connectivity index (χ4n) is 1.42. The van der Waals surface area contributed by atoms with E-state index in [1.54, 1.807) is 12.4 Å². The van der Waals surface area contributed by atoms with E-state index in [1.165, 1.54) is 0 Å². The molecule has 0 fully saturated rings. The van der Waals surface area contributed by atoms with Gasteiger partial charge in [-0.2, -0.15) is 4.37 Å². The number of nitrogens with one attached hydrogen (secondary N) is 2. The quantitative estimate of drug-likeness (QED) is 0.638. The van der Waals surface area contributed by atoms with Gasteiger partial charge in [-0.05, 0) is 18.5 Å². The number of carbonyl (C=O) groups excluding carboxylic acids is 1. The number of nitrogens with two attached hydrogens (primary N) is 2. The zero-order chi connectivity index (χ0) is 12.4. The highest BCUT2D eigenvalue weighted by molar-refractivity contribution is 7.11. The molecule has 90 valence electrons. The lowest BCUT2D eigenvalue weighted by Crippen LogP contribution is -2.16. The summed E-state index contributed by atoms with van der Waals surface area (Å²) in [5.74, 6) is 0.314. The van der Waals surface area contributed by atoms with Gasteiger partial charge in [-0.15, -0.1) is 0 Å². The molecule has 0 saturated heterocycles. The van der Waals surface area contributed by atoms with E-state index in [2.05, 4.69) is 19.7 Å². The van der Waals surface area contributed by atoms with Gasteiger partial charge in [-0.1, -0.05) is 0 Å². The predicted octanol–water partition coefficient (Wildman–Crippen LogP) is 0.720. The lowest BCUT2D eigenvalue weighted by atomic mass is 10.2. The number of amides is 1. The van der Waals surface area contributed by atoms with Crippen molar-refractivity contribution in [2.24, 2.45) is 5.73 Å². The van der Waals surface area contributed by atoms with Crippen molar-refractivity contribution in [3.63, 3.8) is 0 Å².